The summed E-state index contributed by atoms with van der Waals surface area (Å²) in [6.07, 6.45) is 3.45. The zero-order valence-electron chi connectivity index (χ0n) is 7.92. The van der Waals surface area contributed by atoms with Gasteiger partial charge in [0.2, 0.25) is 0 Å². The van der Waals surface area contributed by atoms with E-state index >= 15 is 0 Å². The molecule has 15 heavy (non-hydrogen) atoms. The van der Waals surface area contributed by atoms with Crippen molar-refractivity contribution in [1.29, 1.82) is 0 Å². The van der Waals surface area contributed by atoms with Crippen LogP contribution >= 0.6 is 11.5 Å². The lowest BCUT2D eigenvalue weighted by Crippen LogP contribution is -2.07. The third-order valence-corrected chi connectivity index (χ3v) is 3.05. The normalized spacial score (nSPS) is 22.3. The number of ether oxygens (including phenoxy) is 1. The Hall–Kier alpha value is -1.20. The van der Waals surface area contributed by atoms with Gasteiger partial charge in [0.15, 0.2) is 6.10 Å². The van der Waals surface area contributed by atoms with Crippen molar-refractivity contribution in [2.24, 2.45) is 0 Å². The van der Waals surface area contributed by atoms with Crippen LogP contribution in [0.5, 0.6) is 0 Å². The zero-order valence-corrected chi connectivity index (χ0v) is 8.74. The molecule has 1 fully saturated rings. The van der Waals surface area contributed by atoms with E-state index in [9.17, 15) is 0 Å². The van der Waals surface area contributed by atoms with Crippen LogP contribution in [0.15, 0.2) is 28.3 Å². The lowest BCUT2D eigenvalue weighted by Gasteiger charge is -2.11. The predicted octanol–water partition coefficient (Wildman–Crippen LogP) is 2.22. The van der Waals surface area contributed by atoms with Gasteiger partial charge in [-0.1, -0.05) is 5.16 Å². The first kappa shape index (κ1) is 9.06. The molecule has 0 N–H and O–H groups in total. The number of hydrogen-bond acceptors (Lipinski definition) is 5. The van der Waals surface area contributed by atoms with Gasteiger partial charge in [-0.2, -0.15) is 4.37 Å². The highest BCUT2D eigenvalue weighted by Gasteiger charge is 2.35. The molecule has 77 valence electrons. The standard InChI is InChI=1S/C10H9N2O2S/c1-4-13-10(9-3-6-15-12-9)7(1)8-2-5-14-11-8/h2-3,5-7H,1,4H2. The summed E-state index contributed by atoms with van der Waals surface area (Å²) in [4.78, 5) is 0. The SMILES string of the molecule is c1cc(C2CCO[C]2c2ccsn2)no1. The summed E-state index contributed by atoms with van der Waals surface area (Å²) in [7, 11) is 0. The number of nitrogens with zero attached hydrogens (tertiary/aromatic N) is 2. The summed E-state index contributed by atoms with van der Waals surface area (Å²) < 4.78 is 14.7. The topological polar surface area (TPSA) is 48.2 Å². The van der Waals surface area contributed by atoms with E-state index in [0.29, 0.717) is 0 Å². The first-order chi connectivity index (χ1) is 7.45. The summed E-state index contributed by atoms with van der Waals surface area (Å²) in [5.74, 6) is 0.200. The van der Waals surface area contributed by atoms with Crippen LogP contribution in [0, 0.1) is 6.10 Å². The van der Waals surface area contributed by atoms with Crippen LogP contribution in [0.25, 0.3) is 0 Å². The molecule has 0 bridgehead atoms. The van der Waals surface area contributed by atoms with E-state index < -0.39 is 0 Å². The minimum absolute atomic E-state index is 0.200. The van der Waals surface area contributed by atoms with Crippen molar-refractivity contribution in [3.63, 3.8) is 0 Å². The maximum Gasteiger partial charge on any atom is 0.155 e. The first-order valence-electron chi connectivity index (χ1n) is 4.76. The lowest BCUT2D eigenvalue weighted by atomic mass is 9.96. The molecule has 2 aromatic heterocycles. The van der Waals surface area contributed by atoms with Gasteiger partial charge in [0.05, 0.1) is 11.4 Å². The van der Waals surface area contributed by atoms with Gasteiger partial charge in [0, 0.05) is 24.0 Å². The highest BCUT2D eigenvalue weighted by Crippen LogP contribution is 2.39. The average molecular weight is 221 g/mol. The maximum atomic E-state index is 5.61. The summed E-state index contributed by atoms with van der Waals surface area (Å²) in [6, 6.07) is 3.85. The molecule has 0 saturated carbocycles. The van der Waals surface area contributed by atoms with Gasteiger partial charge in [0.1, 0.15) is 6.26 Å². The fourth-order valence-corrected chi connectivity index (χ4v) is 2.31. The molecule has 1 radical (unpaired) electrons. The second-order valence-corrected chi connectivity index (χ2v) is 4.03. The van der Waals surface area contributed by atoms with Crippen molar-refractivity contribution in [2.45, 2.75) is 12.3 Å². The fraction of sp³-hybridized carbons (Fsp3) is 0.300. The molecule has 1 saturated heterocycles. The van der Waals surface area contributed by atoms with Crippen molar-refractivity contribution in [1.82, 2.24) is 9.53 Å². The fourth-order valence-electron chi connectivity index (χ4n) is 1.79. The highest BCUT2D eigenvalue weighted by molar-refractivity contribution is 7.03. The van der Waals surface area contributed by atoms with Crippen LogP contribution in [0.4, 0.5) is 0 Å². The van der Waals surface area contributed by atoms with E-state index in [1.807, 2.05) is 17.5 Å². The molecular formula is C10H9N2O2S. The largest absolute Gasteiger partial charge is 0.364 e. The number of rotatable bonds is 2. The molecule has 5 heteroatoms. The summed E-state index contributed by atoms with van der Waals surface area (Å²) in [6.45, 7) is 0.727. The Kier molecular flexibility index (Phi) is 2.26. The number of aromatic nitrogens is 2. The Balaban J connectivity index is 1.90. The molecule has 3 heterocycles. The average Bonchev–Trinajstić information content (AvgIpc) is 3.01. The van der Waals surface area contributed by atoms with Crippen LogP contribution in [-0.4, -0.2) is 16.1 Å². The minimum Gasteiger partial charge on any atom is -0.364 e. The molecule has 2 aromatic rings. The van der Waals surface area contributed by atoms with Crippen molar-refractivity contribution < 1.29 is 9.26 Å². The van der Waals surface area contributed by atoms with E-state index in [1.54, 1.807) is 6.26 Å². The molecule has 1 unspecified atom stereocenters. The quantitative estimate of drug-likeness (QED) is 0.780. The van der Waals surface area contributed by atoms with Crippen LogP contribution < -0.4 is 0 Å². The second kappa shape index (κ2) is 3.75. The Labute approximate surface area is 91.0 Å². The molecule has 3 rings (SSSR count). The van der Waals surface area contributed by atoms with Gasteiger partial charge in [-0.3, -0.25) is 0 Å². The molecular weight excluding hydrogens is 212 g/mol. The Bertz CT molecular complexity index is 372. The zero-order chi connectivity index (χ0) is 10.1. The predicted molar refractivity (Wildman–Crippen MR) is 54.3 cm³/mol. The molecule has 0 aromatic carbocycles. The van der Waals surface area contributed by atoms with Crippen LogP contribution in [0.1, 0.15) is 23.7 Å². The van der Waals surface area contributed by atoms with E-state index in [0.717, 1.165) is 30.5 Å². The molecule has 1 atom stereocenters. The molecule has 0 amide bonds. The maximum absolute atomic E-state index is 5.61. The van der Waals surface area contributed by atoms with Crippen LogP contribution in [0.3, 0.4) is 0 Å². The molecule has 1 aliphatic rings. The van der Waals surface area contributed by atoms with Gasteiger partial charge in [0.25, 0.3) is 0 Å². The van der Waals surface area contributed by atoms with Crippen molar-refractivity contribution in [3.8, 4) is 0 Å². The molecule has 1 aliphatic heterocycles. The lowest BCUT2D eigenvalue weighted by molar-refractivity contribution is 0.210. The van der Waals surface area contributed by atoms with Crippen molar-refractivity contribution in [3.05, 3.63) is 41.3 Å². The van der Waals surface area contributed by atoms with E-state index in [4.69, 9.17) is 9.26 Å². The molecule has 0 spiro atoms. The summed E-state index contributed by atoms with van der Waals surface area (Å²) >= 11 is 1.43. The second-order valence-electron chi connectivity index (χ2n) is 3.36. The van der Waals surface area contributed by atoms with E-state index in [-0.39, 0.29) is 5.92 Å². The highest BCUT2D eigenvalue weighted by atomic mass is 32.1. The third-order valence-electron chi connectivity index (χ3n) is 2.49. The first-order valence-corrected chi connectivity index (χ1v) is 5.59. The van der Waals surface area contributed by atoms with Gasteiger partial charge < -0.3 is 9.26 Å². The molecule has 0 aliphatic carbocycles. The Morgan fingerprint density at radius 1 is 1.40 bits per heavy atom. The van der Waals surface area contributed by atoms with Gasteiger partial charge in [-0.25, -0.2) is 0 Å². The van der Waals surface area contributed by atoms with E-state index in [2.05, 4.69) is 9.53 Å². The summed E-state index contributed by atoms with van der Waals surface area (Å²) in [5.41, 5.74) is 1.85. The van der Waals surface area contributed by atoms with Crippen LogP contribution in [0.2, 0.25) is 0 Å². The third kappa shape index (κ3) is 1.57. The summed E-state index contributed by atoms with van der Waals surface area (Å²) in [5, 5.41) is 5.91. The van der Waals surface area contributed by atoms with Gasteiger partial charge >= 0.3 is 0 Å². The Morgan fingerprint density at radius 3 is 3.13 bits per heavy atom. The van der Waals surface area contributed by atoms with Crippen molar-refractivity contribution in [2.75, 3.05) is 6.61 Å². The van der Waals surface area contributed by atoms with Gasteiger partial charge in [-0.05, 0) is 24.0 Å². The van der Waals surface area contributed by atoms with Crippen LogP contribution in [-0.2, 0) is 4.74 Å². The molecule has 4 nitrogen and oxygen atoms in total. The van der Waals surface area contributed by atoms with Crippen molar-refractivity contribution >= 4 is 11.5 Å². The van der Waals surface area contributed by atoms with Gasteiger partial charge in [-0.15, -0.1) is 0 Å². The Morgan fingerprint density at radius 2 is 2.40 bits per heavy atom. The minimum atomic E-state index is 0.200. The number of hydrogen-bond donors (Lipinski definition) is 0. The van der Waals surface area contributed by atoms with E-state index in [1.165, 1.54) is 11.5 Å². The smallest absolute Gasteiger partial charge is 0.155 e. The monoisotopic (exact) mass is 221 g/mol.